The van der Waals surface area contributed by atoms with E-state index in [2.05, 4.69) is 17.6 Å². The quantitative estimate of drug-likeness (QED) is 0.771. The first kappa shape index (κ1) is 12.9. The van der Waals surface area contributed by atoms with Crippen molar-refractivity contribution < 1.29 is 4.79 Å². The summed E-state index contributed by atoms with van der Waals surface area (Å²) < 4.78 is 0. The van der Waals surface area contributed by atoms with Crippen molar-refractivity contribution in [2.75, 3.05) is 0 Å². The normalized spacial score (nSPS) is 25.3. The second kappa shape index (κ2) is 5.85. The van der Waals surface area contributed by atoms with Gasteiger partial charge in [-0.25, -0.2) is 0 Å². The van der Waals surface area contributed by atoms with Crippen LogP contribution in [0.25, 0.3) is 0 Å². The third-order valence-corrected chi connectivity index (χ3v) is 4.46. The highest BCUT2D eigenvalue weighted by molar-refractivity contribution is 5.81. The van der Waals surface area contributed by atoms with Crippen LogP contribution in [0.15, 0.2) is 0 Å². The number of hydrogen-bond acceptors (Lipinski definition) is 2. The molecule has 0 aromatic rings. The minimum Gasteiger partial charge on any atom is -0.352 e. The molecule has 1 amide bonds. The molecule has 0 bridgehead atoms. The van der Waals surface area contributed by atoms with Crippen molar-refractivity contribution in [1.82, 2.24) is 10.6 Å². The van der Waals surface area contributed by atoms with Crippen molar-refractivity contribution in [3.05, 3.63) is 0 Å². The van der Waals surface area contributed by atoms with Crippen molar-refractivity contribution in [1.29, 1.82) is 0 Å². The van der Waals surface area contributed by atoms with Crippen LogP contribution in [-0.2, 0) is 4.79 Å². The summed E-state index contributed by atoms with van der Waals surface area (Å²) in [7, 11) is 0. The van der Waals surface area contributed by atoms with Crippen molar-refractivity contribution >= 4 is 5.91 Å². The standard InChI is InChI=1S/C14H26N2O/c1-10(12-6-5-7-12)15-11(2)14(17)16-13-8-3-4-9-13/h10-13,15H,3-9H2,1-2H3,(H,16,17). The Hall–Kier alpha value is -0.570. The molecule has 0 aromatic carbocycles. The van der Waals surface area contributed by atoms with Gasteiger partial charge < -0.3 is 10.6 Å². The van der Waals surface area contributed by atoms with Crippen LogP contribution < -0.4 is 10.6 Å². The lowest BCUT2D eigenvalue weighted by Crippen LogP contribution is -2.50. The Morgan fingerprint density at radius 3 is 2.24 bits per heavy atom. The van der Waals surface area contributed by atoms with Gasteiger partial charge in [0.15, 0.2) is 0 Å². The lowest BCUT2D eigenvalue weighted by Gasteiger charge is -2.33. The highest BCUT2D eigenvalue weighted by atomic mass is 16.2. The van der Waals surface area contributed by atoms with Crippen LogP contribution in [0.4, 0.5) is 0 Å². The van der Waals surface area contributed by atoms with Crippen LogP contribution in [0.5, 0.6) is 0 Å². The van der Waals surface area contributed by atoms with Gasteiger partial charge in [0.2, 0.25) is 5.91 Å². The van der Waals surface area contributed by atoms with E-state index in [0.29, 0.717) is 12.1 Å². The monoisotopic (exact) mass is 238 g/mol. The van der Waals surface area contributed by atoms with Crippen LogP contribution in [0, 0.1) is 5.92 Å². The Kier molecular flexibility index (Phi) is 4.43. The van der Waals surface area contributed by atoms with E-state index in [1.165, 1.54) is 32.1 Å². The molecule has 2 fully saturated rings. The largest absolute Gasteiger partial charge is 0.352 e. The average molecular weight is 238 g/mol. The molecule has 0 heterocycles. The van der Waals surface area contributed by atoms with Gasteiger partial charge in [-0.2, -0.15) is 0 Å². The molecule has 3 heteroatoms. The Morgan fingerprint density at radius 1 is 1.06 bits per heavy atom. The number of carbonyl (C=O) groups is 1. The van der Waals surface area contributed by atoms with Crippen LogP contribution in [0.1, 0.15) is 58.8 Å². The van der Waals surface area contributed by atoms with E-state index in [1.807, 2.05) is 6.92 Å². The van der Waals surface area contributed by atoms with E-state index >= 15 is 0 Å². The molecule has 0 aliphatic heterocycles. The highest BCUT2D eigenvalue weighted by Gasteiger charge is 2.27. The SMILES string of the molecule is CC(NC(C)C1CCC1)C(=O)NC1CCCC1. The first-order chi connectivity index (χ1) is 8.16. The Morgan fingerprint density at radius 2 is 1.71 bits per heavy atom. The molecule has 2 unspecified atom stereocenters. The van der Waals surface area contributed by atoms with Crippen molar-refractivity contribution in [2.45, 2.75) is 76.9 Å². The number of carbonyl (C=O) groups excluding carboxylic acids is 1. The fourth-order valence-corrected chi connectivity index (χ4v) is 2.94. The molecule has 0 aromatic heterocycles. The third-order valence-electron chi connectivity index (χ3n) is 4.46. The molecule has 98 valence electrons. The topological polar surface area (TPSA) is 41.1 Å². The fraction of sp³-hybridized carbons (Fsp3) is 0.929. The van der Waals surface area contributed by atoms with Crippen molar-refractivity contribution in [3.63, 3.8) is 0 Å². The number of rotatable bonds is 5. The Labute approximate surface area is 105 Å². The molecule has 2 aliphatic carbocycles. The summed E-state index contributed by atoms with van der Waals surface area (Å²) >= 11 is 0. The minimum atomic E-state index is -0.0498. The van der Waals surface area contributed by atoms with E-state index < -0.39 is 0 Å². The summed E-state index contributed by atoms with van der Waals surface area (Å²) in [6.45, 7) is 4.20. The van der Waals surface area contributed by atoms with E-state index in [9.17, 15) is 4.79 Å². The summed E-state index contributed by atoms with van der Waals surface area (Å²) in [5, 5.41) is 6.60. The molecule has 2 atom stereocenters. The molecule has 0 spiro atoms. The molecule has 2 saturated carbocycles. The first-order valence-electron chi connectivity index (χ1n) is 7.23. The van der Waals surface area contributed by atoms with Gasteiger partial charge in [0.1, 0.15) is 0 Å². The van der Waals surface area contributed by atoms with E-state index in [1.54, 1.807) is 0 Å². The summed E-state index contributed by atoms with van der Waals surface area (Å²) in [6.07, 6.45) is 8.87. The predicted molar refractivity (Wildman–Crippen MR) is 69.8 cm³/mol. The smallest absolute Gasteiger partial charge is 0.237 e. The van der Waals surface area contributed by atoms with Crippen molar-refractivity contribution in [3.8, 4) is 0 Å². The van der Waals surface area contributed by atoms with Crippen LogP contribution >= 0.6 is 0 Å². The Bertz CT molecular complexity index is 257. The molecule has 0 radical (unpaired) electrons. The summed E-state index contributed by atoms with van der Waals surface area (Å²) in [5.74, 6) is 0.972. The average Bonchev–Trinajstić information content (AvgIpc) is 2.67. The summed E-state index contributed by atoms with van der Waals surface area (Å²) in [5.41, 5.74) is 0. The molecule has 2 aliphatic rings. The van der Waals surface area contributed by atoms with Gasteiger partial charge in [-0.1, -0.05) is 19.3 Å². The van der Waals surface area contributed by atoms with Gasteiger partial charge in [0.25, 0.3) is 0 Å². The van der Waals surface area contributed by atoms with Crippen LogP contribution in [0.2, 0.25) is 0 Å². The third kappa shape index (κ3) is 3.44. The minimum absolute atomic E-state index is 0.0498. The van der Waals surface area contributed by atoms with Crippen LogP contribution in [0.3, 0.4) is 0 Å². The molecule has 3 nitrogen and oxygen atoms in total. The number of nitrogens with one attached hydrogen (secondary N) is 2. The fourth-order valence-electron chi connectivity index (χ4n) is 2.94. The van der Waals surface area contributed by atoms with Gasteiger partial charge in [-0.15, -0.1) is 0 Å². The zero-order valence-corrected chi connectivity index (χ0v) is 11.2. The molecular formula is C14H26N2O. The van der Waals surface area contributed by atoms with Crippen LogP contribution in [-0.4, -0.2) is 24.0 Å². The zero-order valence-electron chi connectivity index (χ0n) is 11.2. The molecule has 0 saturated heterocycles. The maximum Gasteiger partial charge on any atom is 0.237 e. The summed E-state index contributed by atoms with van der Waals surface area (Å²) in [4.78, 5) is 12.0. The maximum atomic E-state index is 12.0. The zero-order chi connectivity index (χ0) is 12.3. The second-order valence-corrected chi connectivity index (χ2v) is 5.86. The molecular weight excluding hydrogens is 212 g/mol. The second-order valence-electron chi connectivity index (χ2n) is 5.86. The first-order valence-corrected chi connectivity index (χ1v) is 7.23. The lowest BCUT2D eigenvalue weighted by molar-refractivity contribution is -0.123. The lowest BCUT2D eigenvalue weighted by atomic mass is 9.80. The van der Waals surface area contributed by atoms with Gasteiger partial charge in [0, 0.05) is 12.1 Å². The number of hydrogen-bond donors (Lipinski definition) is 2. The van der Waals surface area contributed by atoms with Gasteiger partial charge >= 0.3 is 0 Å². The van der Waals surface area contributed by atoms with Gasteiger partial charge in [-0.05, 0) is 45.4 Å². The predicted octanol–water partition coefficient (Wildman–Crippen LogP) is 2.21. The maximum absolute atomic E-state index is 12.0. The van der Waals surface area contributed by atoms with E-state index in [-0.39, 0.29) is 11.9 Å². The van der Waals surface area contributed by atoms with Crippen molar-refractivity contribution in [2.24, 2.45) is 5.92 Å². The molecule has 2 N–H and O–H groups in total. The molecule has 2 rings (SSSR count). The Balaban J connectivity index is 1.70. The van der Waals surface area contributed by atoms with E-state index in [4.69, 9.17) is 0 Å². The summed E-state index contributed by atoms with van der Waals surface area (Å²) in [6, 6.07) is 0.866. The van der Waals surface area contributed by atoms with Gasteiger partial charge in [-0.3, -0.25) is 4.79 Å². The molecule has 17 heavy (non-hydrogen) atoms. The van der Waals surface area contributed by atoms with Gasteiger partial charge in [0.05, 0.1) is 6.04 Å². The van der Waals surface area contributed by atoms with E-state index in [0.717, 1.165) is 18.8 Å². The highest BCUT2D eigenvalue weighted by Crippen LogP contribution is 2.29. The number of amides is 1.